The number of aryl methyl sites for hydroxylation is 1. The second-order valence-corrected chi connectivity index (χ2v) is 5.42. The molecule has 0 fully saturated rings. The molecule has 1 rings (SSSR count). The van der Waals surface area contributed by atoms with Gasteiger partial charge in [0.1, 0.15) is 0 Å². The zero-order valence-corrected chi connectivity index (χ0v) is 10.3. The summed E-state index contributed by atoms with van der Waals surface area (Å²) >= 11 is 0. The minimum Gasteiger partial charge on any atom is -0.469 e. The molecule has 2 unspecified atom stereocenters. The van der Waals surface area contributed by atoms with Crippen molar-refractivity contribution in [2.45, 2.75) is 25.1 Å². The first-order valence-corrected chi connectivity index (χ1v) is 6.43. The second kappa shape index (κ2) is 6.42. The molecule has 0 radical (unpaired) electrons. The minimum atomic E-state index is -1.03. The van der Waals surface area contributed by atoms with Crippen LogP contribution in [0.1, 0.15) is 13.3 Å². The third kappa shape index (κ3) is 4.14. The largest absolute Gasteiger partial charge is 0.469 e. The van der Waals surface area contributed by atoms with Gasteiger partial charge >= 0.3 is 5.97 Å². The van der Waals surface area contributed by atoms with Crippen LogP contribution < -0.4 is 0 Å². The first-order valence-electron chi connectivity index (χ1n) is 5.05. The molecule has 0 saturated heterocycles. The highest BCUT2D eigenvalue weighted by molar-refractivity contribution is 7.85. The lowest BCUT2D eigenvalue weighted by atomic mass is 10.3. The van der Waals surface area contributed by atoms with Crippen LogP contribution in [0.4, 0.5) is 0 Å². The van der Waals surface area contributed by atoms with E-state index in [9.17, 15) is 9.00 Å². The molecule has 6 heteroatoms. The standard InChI is InChI=1S/C10H16N2O3S/c1-9(8-10(13)15-2)16(14)7-6-12-5-3-4-11-12/h3-5,9H,6-8H2,1-2H3. The van der Waals surface area contributed by atoms with Crippen LogP contribution in [0.5, 0.6) is 0 Å². The summed E-state index contributed by atoms with van der Waals surface area (Å²) in [5.41, 5.74) is 0. The Morgan fingerprint density at radius 3 is 2.94 bits per heavy atom. The molecular formula is C10H16N2O3S. The van der Waals surface area contributed by atoms with Gasteiger partial charge in [0, 0.05) is 34.2 Å². The predicted octanol–water partition coefficient (Wildman–Crippen LogP) is 0.583. The van der Waals surface area contributed by atoms with Gasteiger partial charge in [-0.05, 0) is 6.07 Å². The van der Waals surface area contributed by atoms with E-state index < -0.39 is 10.8 Å². The monoisotopic (exact) mass is 244 g/mol. The molecule has 0 saturated carbocycles. The summed E-state index contributed by atoms with van der Waals surface area (Å²) in [6.07, 6.45) is 3.70. The maximum absolute atomic E-state index is 11.8. The molecule has 0 N–H and O–H groups in total. The van der Waals surface area contributed by atoms with E-state index >= 15 is 0 Å². The van der Waals surface area contributed by atoms with Crippen molar-refractivity contribution < 1.29 is 13.7 Å². The molecule has 16 heavy (non-hydrogen) atoms. The van der Waals surface area contributed by atoms with Gasteiger partial charge in [0.25, 0.3) is 0 Å². The van der Waals surface area contributed by atoms with E-state index in [0.29, 0.717) is 12.3 Å². The lowest BCUT2D eigenvalue weighted by molar-refractivity contribution is -0.140. The Hall–Kier alpha value is -1.17. The topological polar surface area (TPSA) is 61.2 Å². The SMILES string of the molecule is COC(=O)CC(C)S(=O)CCn1cccn1. The Labute approximate surface area is 97.2 Å². The first kappa shape index (κ1) is 12.9. The zero-order chi connectivity index (χ0) is 12.0. The fraction of sp³-hybridized carbons (Fsp3) is 0.600. The van der Waals surface area contributed by atoms with Crippen LogP contribution in [-0.4, -0.2) is 38.1 Å². The molecule has 0 aromatic carbocycles. The smallest absolute Gasteiger partial charge is 0.306 e. The number of carbonyl (C=O) groups is 1. The highest BCUT2D eigenvalue weighted by Gasteiger charge is 2.15. The van der Waals surface area contributed by atoms with Crippen LogP contribution in [0.25, 0.3) is 0 Å². The predicted molar refractivity (Wildman–Crippen MR) is 61.3 cm³/mol. The molecule has 5 nitrogen and oxygen atoms in total. The zero-order valence-electron chi connectivity index (χ0n) is 9.46. The summed E-state index contributed by atoms with van der Waals surface area (Å²) in [5.74, 6) is 0.180. The number of carbonyl (C=O) groups excluding carboxylic acids is 1. The van der Waals surface area contributed by atoms with Gasteiger partial charge in [-0.2, -0.15) is 5.10 Å². The molecule has 1 heterocycles. The fourth-order valence-electron chi connectivity index (χ4n) is 1.23. The molecule has 0 amide bonds. The molecule has 0 spiro atoms. The first-order chi connectivity index (χ1) is 7.63. The number of hydrogen-bond donors (Lipinski definition) is 0. The number of rotatable bonds is 6. The van der Waals surface area contributed by atoms with Crippen LogP contribution in [0.15, 0.2) is 18.5 Å². The third-order valence-corrected chi connectivity index (χ3v) is 3.86. The van der Waals surface area contributed by atoms with E-state index in [-0.39, 0.29) is 17.6 Å². The number of aromatic nitrogens is 2. The van der Waals surface area contributed by atoms with Gasteiger partial charge in [0.2, 0.25) is 0 Å². The maximum Gasteiger partial charge on any atom is 0.306 e. The van der Waals surface area contributed by atoms with Crippen LogP contribution >= 0.6 is 0 Å². The molecule has 0 bridgehead atoms. The number of esters is 1. The van der Waals surface area contributed by atoms with Crippen molar-refractivity contribution in [2.75, 3.05) is 12.9 Å². The Morgan fingerprint density at radius 2 is 2.38 bits per heavy atom. The van der Waals surface area contributed by atoms with Gasteiger partial charge in [-0.15, -0.1) is 0 Å². The van der Waals surface area contributed by atoms with E-state index in [1.165, 1.54) is 7.11 Å². The molecule has 0 aliphatic heterocycles. The summed E-state index contributed by atoms with van der Waals surface area (Å²) in [6, 6.07) is 1.82. The number of methoxy groups -OCH3 is 1. The van der Waals surface area contributed by atoms with Crippen molar-refractivity contribution in [3.63, 3.8) is 0 Å². The van der Waals surface area contributed by atoms with Crippen LogP contribution in [0.3, 0.4) is 0 Å². The van der Waals surface area contributed by atoms with Gasteiger partial charge in [-0.3, -0.25) is 13.7 Å². The van der Waals surface area contributed by atoms with Crippen molar-refractivity contribution in [1.82, 2.24) is 9.78 Å². The van der Waals surface area contributed by atoms with Gasteiger partial charge in [0.15, 0.2) is 0 Å². The number of hydrogen-bond acceptors (Lipinski definition) is 4. The fourth-order valence-corrected chi connectivity index (χ4v) is 2.32. The van der Waals surface area contributed by atoms with Crippen LogP contribution in [-0.2, 0) is 26.9 Å². The van der Waals surface area contributed by atoms with E-state index in [2.05, 4.69) is 9.84 Å². The second-order valence-electron chi connectivity index (χ2n) is 3.44. The highest BCUT2D eigenvalue weighted by atomic mass is 32.2. The molecule has 0 aliphatic carbocycles. The Morgan fingerprint density at radius 1 is 1.62 bits per heavy atom. The van der Waals surface area contributed by atoms with Gasteiger partial charge in [0.05, 0.1) is 20.1 Å². The quantitative estimate of drug-likeness (QED) is 0.687. The Kier molecular flexibility index (Phi) is 5.18. The van der Waals surface area contributed by atoms with Gasteiger partial charge in [-0.1, -0.05) is 6.92 Å². The summed E-state index contributed by atoms with van der Waals surface area (Å²) in [5, 5.41) is 3.84. The van der Waals surface area contributed by atoms with Crippen molar-refractivity contribution in [3.8, 4) is 0 Å². The summed E-state index contributed by atoms with van der Waals surface area (Å²) < 4.78 is 18.0. The van der Waals surface area contributed by atoms with E-state index in [1.807, 2.05) is 12.3 Å². The van der Waals surface area contributed by atoms with Crippen molar-refractivity contribution in [2.24, 2.45) is 0 Å². The van der Waals surface area contributed by atoms with Crippen LogP contribution in [0, 0.1) is 0 Å². The highest BCUT2D eigenvalue weighted by Crippen LogP contribution is 2.03. The van der Waals surface area contributed by atoms with Crippen molar-refractivity contribution in [1.29, 1.82) is 0 Å². The Bertz CT molecular complexity index is 351. The van der Waals surface area contributed by atoms with Gasteiger partial charge in [-0.25, -0.2) is 0 Å². The summed E-state index contributed by atoms with van der Waals surface area (Å²) in [7, 11) is 0.302. The molecule has 90 valence electrons. The minimum absolute atomic E-state index is 0.178. The summed E-state index contributed by atoms with van der Waals surface area (Å²) in [6.45, 7) is 2.39. The maximum atomic E-state index is 11.8. The molecule has 1 aromatic heterocycles. The van der Waals surface area contributed by atoms with E-state index in [1.54, 1.807) is 17.8 Å². The lowest BCUT2D eigenvalue weighted by Gasteiger charge is -2.09. The number of nitrogens with zero attached hydrogens (tertiary/aromatic N) is 2. The van der Waals surface area contributed by atoms with E-state index in [4.69, 9.17) is 0 Å². The van der Waals surface area contributed by atoms with Crippen molar-refractivity contribution >= 4 is 16.8 Å². The molecule has 0 aliphatic rings. The average molecular weight is 244 g/mol. The third-order valence-electron chi connectivity index (χ3n) is 2.21. The summed E-state index contributed by atoms with van der Waals surface area (Å²) in [4.78, 5) is 11.0. The Balaban J connectivity index is 2.31. The molecule has 1 aromatic rings. The van der Waals surface area contributed by atoms with Gasteiger partial charge < -0.3 is 4.74 Å². The average Bonchev–Trinajstić information content (AvgIpc) is 2.78. The van der Waals surface area contributed by atoms with E-state index in [0.717, 1.165) is 0 Å². The molecule has 2 atom stereocenters. The lowest BCUT2D eigenvalue weighted by Crippen LogP contribution is -2.21. The normalized spacial score (nSPS) is 14.4. The van der Waals surface area contributed by atoms with Crippen molar-refractivity contribution in [3.05, 3.63) is 18.5 Å². The molecular weight excluding hydrogens is 228 g/mol. The van der Waals surface area contributed by atoms with Crippen LogP contribution in [0.2, 0.25) is 0 Å². The number of ether oxygens (including phenoxy) is 1.